The van der Waals surface area contributed by atoms with Crippen LogP contribution in [0.1, 0.15) is 19.4 Å². The van der Waals surface area contributed by atoms with Crippen molar-refractivity contribution in [3.05, 3.63) is 35.9 Å². The second kappa shape index (κ2) is 5.75. The summed E-state index contributed by atoms with van der Waals surface area (Å²) in [6, 6.07) is 10.3. The van der Waals surface area contributed by atoms with Crippen LogP contribution in [0.15, 0.2) is 30.3 Å². The number of carbonyl (C=O) groups excluding carboxylic acids is 1. The van der Waals surface area contributed by atoms with Crippen molar-refractivity contribution in [1.82, 2.24) is 4.90 Å². The first-order valence-electron chi connectivity index (χ1n) is 7.28. The van der Waals surface area contributed by atoms with Gasteiger partial charge >= 0.3 is 0 Å². The molecular weight excluding hydrogens is 270 g/mol. The summed E-state index contributed by atoms with van der Waals surface area (Å²) in [6.45, 7) is 6.25. The van der Waals surface area contributed by atoms with E-state index in [4.69, 9.17) is 14.2 Å². The standard InChI is InChI=1S/C16H21NO4/c1-16(2)20-14-9-17(8-12-6-4-3-5-7-12)13(10-19-11-18)15(14)21-16/h3-7,11,13-15H,8-10H2,1-2H3/t13-,14-,15+/m0/s1. The normalized spacial score (nSPS) is 31.0. The average Bonchev–Trinajstić information content (AvgIpc) is 2.89. The maximum absolute atomic E-state index is 10.5. The lowest BCUT2D eigenvalue weighted by Gasteiger charge is -2.29. The molecule has 1 aromatic rings. The highest BCUT2D eigenvalue weighted by Gasteiger charge is 2.52. The summed E-state index contributed by atoms with van der Waals surface area (Å²) < 4.78 is 16.9. The van der Waals surface area contributed by atoms with Gasteiger partial charge < -0.3 is 14.2 Å². The third-order valence-corrected chi connectivity index (χ3v) is 4.05. The van der Waals surface area contributed by atoms with Gasteiger partial charge in [0.15, 0.2) is 5.79 Å². The van der Waals surface area contributed by atoms with E-state index in [1.54, 1.807) is 0 Å². The van der Waals surface area contributed by atoms with E-state index in [0.717, 1.165) is 13.1 Å². The van der Waals surface area contributed by atoms with Crippen LogP contribution in [0.4, 0.5) is 0 Å². The van der Waals surface area contributed by atoms with Crippen LogP contribution < -0.4 is 0 Å². The zero-order chi connectivity index (χ0) is 14.9. The Kier molecular flexibility index (Phi) is 3.97. The Labute approximate surface area is 124 Å². The minimum atomic E-state index is -0.562. The molecule has 0 radical (unpaired) electrons. The molecular formula is C16H21NO4. The summed E-state index contributed by atoms with van der Waals surface area (Å²) >= 11 is 0. The van der Waals surface area contributed by atoms with E-state index in [1.807, 2.05) is 32.0 Å². The van der Waals surface area contributed by atoms with Gasteiger partial charge in [-0.25, -0.2) is 0 Å². The van der Waals surface area contributed by atoms with Crippen LogP contribution in [0.25, 0.3) is 0 Å². The Morgan fingerprint density at radius 2 is 2.10 bits per heavy atom. The summed E-state index contributed by atoms with van der Waals surface area (Å²) in [6.07, 6.45) is -0.0207. The van der Waals surface area contributed by atoms with Gasteiger partial charge in [-0.2, -0.15) is 0 Å². The lowest BCUT2D eigenvalue weighted by Crippen LogP contribution is -2.41. The van der Waals surface area contributed by atoms with Crippen LogP contribution in [0, 0.1) is 0 Å². The molecule has 0 unspecified atom stereocenters. The van der Waals surface area contributed by atoms with Gasteiger partial charge in [0.05, 0.1) is 6.04 Å². The zero-order valence-corrected chi connectivity index (χ0v) is 12.4. The maximum atomic E-state index is 10.5. The second-order valence-electron chi connectivity index (χ2n) is 6.05. The first-order chi connectivity index (χ1) is 10.1. The van der Waals surface area contributed by atoms with Gasteiger partial charge in [-0.3, -0.25) is 9.69 Å². The smallest absolute Gasteiger partial charge is 0.293 e. The van der Waals surface area contributed by atoms with Crippen molar-refractivity contribution in [1.29, 1.82) is 0 Å². The monoisotopic (exact) mass is 291 g/mol. The predicted molar refractivity (Wildman–Crippen MR) is 76.5 cm³/mol. The molecule has 0 aliphatic carbocycles. The molecule has 2 aliphatic rings. The minimum Gasteiger partial charge on any atom is -0.466 e. The van der Waals surface area contributed by atoms with Crippen molar-refractivity contribution < 1.29 is 19.0 Å². The quantitative estimate of drug-likeness (QED) is 0.771. The predicted octanol–water partition coefficient (Wildman–Crippen LogP) is 1.56. The zero-order valence-electron chi connectivity index (χ0n) is 12.4. The molecule has 114 valence electrons. The molecule has 1 aromatic carbocycles. The Bertz CT molecular complexity index is 490. The van der Waals surface area contributed by atoms with Crippen LogP contribution in [0.3, 0.4) is 0 Å². The van der Waals surface area contributed by atoms with E-state index in [1.165, 1.54) is 5.56 Å². The van der Waals surface area contributed by atoms with Gasteiger partial charge in [0.1, 0.15) is 18.8 Å². The van der Waals surface area contributed by atoms with E-state index in [2.05, 4.69) is 17.0 Å². The first kappa shape index (κ1) is 14.5. The van der Waals surface area contributed by atoms with Crippen molar-refractivity contribution in [3.63, 3.8) is 0 Å². The Morgan fingerprint density at radius 3 is 2.81 bits per heavy atom. The lowest BCUT2D eigenvalue weighted by atomic mass is 10.1. The molecule has 0 saturated carbocycles. The molecule has 21 heavy (non-hydrogen) atoms. The van der Waals surface area contributed by atoms with Crippen LogP contribution in [0.5, 0.6) is 0 Å². The number of fused-ring (bicyclic) bond motifs is 1. The topological polar surface area (TPSA) is 48.0 Å². The lowest BCUT2D eigenvalue weighted by molar-refractivity contribution is -0.165. The number of likely N-dealkylation sites (tertiary alicyclic amines) is 1. The van der Waals surface area contributed by atoms with Crippen molar-refractivity contribution in [3.8, 4) is 0 Å². The molecule has 5 heteroatoms. The number of benzene rings is 1. The Morgan fingerprint density at radius 1 is 1.33 bits per heavy atom. The van der Waals surface area contributed by atoms with Crippen LogP contribution in [-0.4, -0.2) is 48.6 Å². The van der Waals surface area contributed by atoms with Crippen LogP contribution >= 0.6 is 0 Å². The largest absolute Gasteiger partial charge is 0.466 e. The molecule has 0 N–H and O–H groups in total. The van der Waals surface area contributed by atoms with E-state index in [0.29, 0.717) is 13.1 Å². The molecule has 0 spiro atoms. The van der Waals surface area contributed by atoms with E-state index in [9.17, 15) is 4.79 Å². The summed E-state index contributed by atoms with van der Waals surface area (Å²) in [4.78, 5) is 12.8. The number of hydrogen-bond acceptors (Lipinski definition) is 5. The van der Waals surface area contributed by atoms with E-state index < -0.39 is 5.79 Å². The highest BCUT2D eigenvalue weighted by molar-refractivity contribution is 5.37. The summed E-state index contributed by atoms with van der Waals surface area (Å²) in [5, 5.41) is 0. The molecule has 5 nitrogen and oxygen atoms in total. The molecule has 3 atom stereocenters. The van der Waals surface area contributed by atoms with Crippen LogP contribution in [0.2, 0.25) is 0 Å². The second-order valence-corrected chi connectivity index (χ2v) is 6.05. The first-order valence-corrected chi connectivity index (χ1v) is 7.28. The van der Waals surface area contributed by atoms with E-state index in [-0.39, 0.29) is 18.2 Å². The van der Waals surface area contributed by atoms with E-state index >= 15 is 0 Å². The SMILES string of the molecule is CC1(C)O[C@H]2[C@H](CN(Cc3ccccc3)[C@H]2COC=O)O1. The number of rotatable bonds is 5. The fraction of sp³-hybridized carbons (Fsp3) is 0.562. The van der Waals surface area contributed by atoms with Crippen molar-refractivity contribution in [2.24, 2.45) is 0 Å². The summed E-state index contributed by atoms with van der Waals surface area (Å²) in [5.41, 5.74) is 1.23. The van der Waals surface area contributed by atoms with Crippen LogP contribution in [-0.2, 0) is 25.5 Å². The van der Waals surface area contributed by atoms with Crippen molar-refractivity contribution in [2.75, 3.05) is 13.2 Å². The average molecular weight is 291 g/mol. The Hall–Kier alpha value is -1.43. The highest BCUT2D eigenvalue weighted by atomic mass is 16.8. The van der Waals surface area contributed by atoms with Gasteiger partial charge in [-0.15, -0.1) is 0 Å². The van der Waals surface area contributed by atoms with Gasteiger partial charge in [0.25, 0.3) is 6.47 Å². The molecule has 2 aliphatic heterocycles. The molecule has 0 bridgehead atoms. The Balaban J connectivity index is 1.73. The molecule has 2 fully saturated rings. The number of ether oxygens (including phenoxy) is 3. The maximum Gasteiger partial charge on any atom is 0.293 e. The van der Waals surface area contributed by atoms with Gasteiger partial charge in [-0.1, -0.05) is 30.3 Å². The fourth-order valence-corrected chi connectivity index (χ4v) is 3.24. The third kappa shape index (κ3) is 3.10. The van der Waals surface area contributed by atoms with Crippen molar-refractivity contribution >= 4 is 6.47 Å². The fourth-order valence-electron chi connectivity index (χ4n) is 3.24. The van der Waals surface area contributed by atoms with Gasteiger partial charge in [0, 0.05) is 13.1 Å². The molecule has 2 saturated heterocycles. The van der Waals surface area contributed by atoms with Gasteiger partial charge in [0.2, 0.25) is 0 Å². The molecule has 3 rings (SSSR count). The number of carbonyl (C=O) groups is 1. The highest BCUT2D eigenvalue weighted by Crippen LogP contribution is 2.37. The third-order valence-electron chi connectivity index (χ3n) is 4.05. The molecule has 2 heterocycles. The summed E-state index contributed by atoms with van der Waals surface area (Å²) in [7, 11) is 0. The minimum absolute atomic E-state index is 0.0298. The number of hydrogen-bond donors (Lipinski definition) is 0. The number of nitrogens with zero attached hydrogens (tertiary/aromatic N) is 1. The van der Waals surface area contributed by atoms with Gasteiger partial charge in [-0.05, 0) is 19.4 Å². The molecule has 0 amide bonds. The summed E-state index contributed by atoms with van der Waals surface area (Å²) in [5.74, 6) is -0.562. The molecule has 0 aromatic heterocycles. The van der Waals surface area contributed by atoms with Crippen molar-refractivity contribution in [2.45, 2.75) is 44.4 Å².